The molecule has 0 bridgehead atoms. The molecule has 0 radical (unpaired) electrons. The fourth-order valence-corrected chi connectivity index (χ4v) is 4.82. The van der Waals surface area contributed by atoms with Gasteiger partial charge in [-0.15, -0.1) is 11.8 Å². The van der Waals surface area contributed by atoms with Crippen molar-refractivity contribution < 1.29 is 21.6 Å². The maximum Gasteiger partial charge on any atom is 0.241 e. The van der Waals surface area contributed by atoms with E-state index in [4.69, 9.17) is 0 Å². The van der Waals surface area contributed by atoms with Crippen LogP contribution in [0, 0.1) is 17.5 Å². The molecule has 1 aliphatic rings. The fourth-order valence-electron chi connectivity index (χ4n) is 2.43. The van der Waals surface area contributed by atoms with Crippen molar-refractivity contribution >= 4 is 21.8 Å². The van der Waals surface area contributed by atoms with Gasteiger partial charge in [0.2, 0.25) is 10.0 Å². The summed E-state index contributed by atoms with van der Waals surface area (Å²) in [6.45, 7) is 0. The van der Waals surface area contributed by atoms with Crippen LogP contribution in [-0.2, 0) is 10.0 Å². The second-order valence-electron chi connectivity index (χ2n) is 5.10. The van der Waals surface area contributed by atoms with E-state index in [2.05, 4.69) is 4.72 Å². The Kier molecular flexibility index (Phi) is 4.39. The molecule has 8 heteroatoms. The van der Waals surface area contributed by atoms with Crippen LogP contribution in [-0.4, -0.2) is 14.2 Å². The standard InChI is InChI=1S/C15H12F3NO2S2/c16-9-1-2-15-13(8-9)14(3-4-22-15)19-23(20,21)12-6-10(17)5-11(18)7-12/h1-2,5-8,14,19H,3-4H2. The number of thioether (sulfide) groups is 1. The predicted molar refractivity (Wildman–Crippen MR) is 81.2 cm³/mol. The first-order valence-electron chi connectivity index (χ1n) is 6.76. The minimum Gasteiger partial charge on any atom is -0.207 e. The Balaban J connectivity index is 1.94. The van der Waals surface area contributed by atoms with Crippen LogP contribution in [0.1, 0.15) is 18.0 Å². The molecule has 1 heterocycles. The molecule has 1 aliphatic heterocycles. The van der Waals surface area contributed by atoms with Gasteiger partial charge in [-0.3, -0.25) is 0 Å². The molecule has 3 nitrogen and oxygen atoms in total. The Morgan fingerprint density at radius 1 is 1.00 bits per heavy atom. The van der Waals surface area contributed by atoms with Gasteiger partial charge in [-0.05, 0) is 48.1 Å². The lowest BCUT2D eigenvalue weighted by atomic mass is 10.0. The summed E-state index contributed by atoms with van der Waals surface area (Å²) in [4.78, 5) is 0.293. The minimum absolute atomic E-state index is 0.456. The zero-order valence-electron chi connectivity index (χ0n) is 11.7. The molecule has 1 unspecified atom stereocenters. The molecule has 2 aromatic carbocycles. The molecule has 0 aliphatic carbocycles. The average Bonchev–Trinajstić information content (AvgIpc) is 2.46. The maximum atomic E-state index is 13.4. The minimum atomic E-state index is -4.12. The molecule has 2 aromatic rings. The van der Waals surface area contributed by atoms with Crippen LogP contribution in [0.25, 0.3) is 0 Å². The molecule has 122 valence electrons. The van der Waals surface area contributed by atoms with Crippen molar-refractivity contribution in [3.05, 3.63) is 59.4 Å². The molecule has 0 fully saturated rings. The number of hydrogen-bond donors (Lipinski definition) is 1. The topological polar surface area (TPSA) is 46.2 Å². The predicted octanol–water partition coefficient (Wildman–Crippen LogP) is 3.62. The Morgan fingerprint density at radius 2 is 1.70 bits per heavy atom. The summed E-state index contributed by atoms with van der Waals surface area (Å²) < 4.78 is 67.0. The van der Waals surface area contributed by atoms with Gasteiger partial charge in [0.05, 0.1) is 4.90 Å². The van der Waals surface area contributed by atoms with Crippen LogP contribution in [0.4, 0.5) is 13.2 Å². The molecule has 0 saturated heterocycles. The molecule has 1 atom stereocenters. The third kappa shape index (κ3) is 3.54. The van der Waals surface area contributed by atoms with Crippen LogP contribution in [0.15, 0.2) is 46.2 Å². The molecular weight excluding hydrogens is 347 g/mol. The lowest BCUT2D eigenvalue weighted by Gasteiger charge is -2.25. The fraction of sp³-hybridized carbons (Fsp3) is 0.200. The number of halogens is 3. The highest BCUT2D eigenvalue weighted by Gasteiger charge is 2.27. The number of rotatable bonds is 3. The first kappa shape index (κ1) is 16.4. The van der Waals surface area contributed by atoms with Gasteiger partial charge < -0.3 is 0 Å². The van der Waals surface area contributed by atoms with Gasteiger partial charge in [0.25, 0.3) is 0 Å². The Labute approximate surface area is 136 Å². The molecule has 0 spiro atoms. The van der Waals surface area contributed by atoms with Crippen LogP contribution in [0.2, 0.25) is 0 Å². The summed E-state index contributed by atoms with van der Waals surface area (Å²) in [5.41, 5.74) is 0.529. The zero-order chi connectivity index (χ0) is 16.6. The van der Waals surface area contributed by atoms with Gasteiger partial charge in [0.15, 0.2) is 0 Å². The van der Waals surface area contributed by atoms with E-state index in [0.717, 1.165) is 17.0 Å². The number of fused-ring (bicyclic) bond motifs is 1. The third-order valence-electron chi connectivity index (χ3n) is 3.46. The molecule has 3 rings (SSSR count). The summed E-state index contributed by atoms with van der Waals surface area (Å²) in [6, 6.07) is 5.63. The molecule has 0 aromatic heterocycles. The van der Waals surface area contributed by atoms with E-state index in [0.29, 0.717) is 23.8 Å². The van der Waals surface area contributed by atoms with Crippen molar-refractivity contribution in [2.24, 2.45) is 0 Å². The molecule has 0 amide bonds. The summed E-state index contributed by atoms with van der Waals surface area (Å²) in [6.07, 6.45) is 0.456. The monoisotopic (exact) mass is 359 g/mol. The van der Waals surface area contributed by atoms with Crippen molar-refractivity contribution in [1.29, 1.82) is 0 Å². The van der Waals surface area contributed by atoms with Crippen LogP contribution < -0.4 is 4.72 Å². The summed E-state index contributed by atoms with van der Waals surface area (Å²) in [5.74, 6) is -1.76. The van der Waals surface area contributed by atoms with Crippen molar-refractivity contribution in [3.8, 4) is 0 Å². The van der Waals surface area contributed by atoms with E-state index >= 15 is 0 Å². The van der Waals surface area contributed by atoms with Gasteiger partial charge >= 0.3 is 0 Å². The van der Waals surface area contributed by atoms with E-state index < -0.39 is 38.4 Å². The van der Waals surface area contributed by atoms with E-state index in [1.54, 1.807) is 6.07 Å². The highest BCUT2D eigenvalue weighted by molar-refractivity contribution is 7.99. The van der Waals surface area contributed by atoms with Crippen LogP contribution in [0.3, 0.4) is 0 Å². The van der Waals surface area contributed by atoms with Crippen molar-refractivity contribution in [3.63, 3.8) is 0 Å². The van der Waals surface area contributed by atoms with Gasteiger partial charge in [0, 0.05) is 17.0 Å². The van der Waals surface area contributed by atoms with E-state index in [1.165, 1.54) is 23.9 Å². The van der Waals surface area contributed by atoms with Gasteiger partial charge in [-0.2, -0.15) is 0 Å². The zero-order valence-corrected chi connectivity index (χ0v) is 13.4. The number of benzene rings is 2. The second-order valence-corrected chi connectivity index (χ2v) is 7.95. The van der Waals surface area contributed by atoms with Crippen molar-refractivity contribution in [2.75, 3.05) is 5.75 Å². The first-order valence-corrected chi connectivity index (χ1v) is 9.23. The SMILES string of the molecule is O=S(=O)(NC1CCSc2ccc(F)cc21)c1cc(F)cc(F)c1. The van der Waals surface area contributed by atoms with Crippen molar-refractivity contribution in [2.45, 2.75) is 22.3 Å². The second kappa shape index (κ2) is 6.18. The van der Waals surface area contributed by atoms with Crippen LogP contribution in [0.5, 0.6) is 0 Å². The van der Waals surface area contributed by atoms with Gasteiger partial charge in [-0.25, -0.2) is 26.3 Å². The molecular formula is C15H12F3NO2S2. The highest BCUT2D eigenvalue weighted by Crippen LogP contribution is 2.37. The Bertz CT molecular complexity index is 836. The van der Waals surface area contributed by atoms with Crippen LogP contribution >= 0.6 is 11.8 Å². The largest absolute Gasteiger partial charge is 0.241 e. The Morgan fingerprint density at radius 3 is 2.39 bits per heavy atom. The van der Waals surface area contributed by atoms with Gasteiger partial charge in [-0.1, -0.05) is 0 Å². The maximum absolute atomic E-state index is 13.4. The lowest BCUT2D eigenvalue weighted by Crippen LogP contribution is -2.31. The third-order valence-corrected chi connectivity index (χ3v) is 6.03. The smallest absolute Gasteiger partial charge is 0.207 e. The Hall–Kier alpha value is -1.51. The number of sulfonamides is 1. The molecule has 0 saturated carbocycles. The first-order chi connectivity index (χ1) is 10.8. The van der Waals surface area contributed by atoms with Gasteiger partial charge in [0.1, 0.15) is 17.5 Å². The summed E-state index contributed by atoms with van der Waals surface area (Å²) in [7, 11) is -4.12. The number of hydrogen-bond acceptors (Lipinski definition) is 3. The summed E-state index contributed by atoms with van der Waals surface area (Å²) in [5, 5.41) is 0. The molecule has 1 N–H and O–H groups in total. The van der Waals surface area contributed by atoms with E-state index in [-0.39, 0.29) is 0 Å². The highest BCUT2D eigenvalue weighted by atomic mass is 32.2. The average molecular weight is 359 g/mol. The molecule has 23 heavy (non-hydrogen) atoms. The normalized spacial score (nSPS) is 17.8. The lowest BCUT2D eigenvalue weighted by molar-refractivity contribution is 0.535. The van der Waals surface area contributed by atoms with E-state index in [1.807, 2.05) is 0 Å². The quantitative estimate of drug-likeness (QED) is 0.911. The van der Waals surface area contributed by atoms with E-state index in [9.17, 15) is 21.6 Å². The van der Waals surface area contributed by atoms with Crippen molar-refractivity contribution in [1.82, 2.24) is 4.72 Å². The summed E-state index contributed by atoms with van der Waals surface area (Å²) >= 11 is 1.51. The number of nitrogens with one attached hydrogen (secondary N) is 1.